The summed E-state index contributed by atoms with van der Waals surface area (Å²) in [5, 5.41) is 0. The van der Waals surface area contributed by atoms with Gasteiger partial charge in [-0.3, -0.25) is 0 Å². The number of rotatable bonds is 3. The molecule has 82 valence electrons. The molecule has 0 unspecified atom stereocenters. The van der Waals surface area contributed by atoms with Gasteiger partial charge in [0.2, 0.25) is 0 Å². The van der Waals surface area contributed by atoms with Crippen LogP contribution in [0.25, 0.3) is 0 Å². The molecule has 1 aliphatic rings. The predicted molar refractivity (Wildman–Crippen MR) is 54.6 cm³/mol. The second-order valence-corrected chi connectivity index (χ2v) is 6.07. The molecule has 0 bridgehead atoms. The zero-order valence-electron chi connectivity index (χ0n) is 8.11. The average molecular weight is 229 g/mol. The van der Waals surface area contributed by atoms with Crippen molar-refractivity contribution < 1.29 is 12.8 Å². The predicted octanol–water partition coefficient (Wildman–Crippen LogP) is 1.09. The summed E-state index contributed by atoms with van der Waals surface area (Å²) in [6.07, 6.45) is 1.45. The van der Waals surface area contributed by atoms with Gasteiger partial charge in [0.1, 0.15) is 5.82 Å². The van der Waals surface area contributed by atoms with Gasteiger partial charge in [0.25, 0.3) is 0 Å². The zero-order chi connectivity index (χ0) is 11.1. The Morgan fingerprint density at radius 3 is 2.60 bits per heavy atom. The van der Waals surface area contributed by atoms with Crippen LogP contribution in [-0.4, -0.2) is 19.7 Å². The summed E-state index contributed by atoms with van der Waals surface area (Å²) in [4.78, 5) is 0.0132. The van der Waals surface area contributed by atoms with E-state index in [0.29, 0.717) is 0 Å². The molecule has 1 saturated carbocycles. The van der Waals surface area contributed by atoms with Crippen molar-refractivity contribution >= 4 is 9.84 Å². The van der Waals surface area contributed by atoms with Gasteiger partial charge in [-0.1, -0.05) is 6.07 Å². The van der Waals surface area contributed by atoms with E-state index in [0.717, 1.165) is 18.9 Å². The van der Waals surface area contributed by atoms with Gasteiger partial charge in [0.05, 0.1) is 10.6 Å². The molecule has 0 amide bonds. The monoisotopic (exact) mass is 229 g/mol. The van der Waals surface area contributed by atoms with E-state index in [-0.39, 0.29) is 10.6 Å². The second kappa shape index (κ2) is 3.28. The van der Waals surface area contributed by atoms with Crippen LogP contribution in [0.15, 0.2) is 29.2 Å². The number of halogens is 1. The highest BCUT2D eigenvalue weighted by molar-refractivity contribution is 7.91. The van der Waals surface area contributed by atoms with E-state index < -0.39 is 21.2 Å². The lowest BCUT2D eigenvalue weighted by Crippen LogP contribution is -2.31. The SMILES string of the molecule is NC1(CS(=O)(=O)c2cccc(F)c2)CC1. The van der Waals surface area contributed by atoms with Gasteiger partial charge in [-0.2, -0.15) is 0 Å². The molecule has 0 radical (unpaired) electrons. The second-order valence-electron chi connectivity index (χ2n) is 4.08. The summed E-state index contributed by atoms with van der Waals surface area (Å²) in [6, 6.07) is 5.03. The van der Waals surface area contributed by atoms with Gasteiger partial charge in [-0.05, 0) is 31.0 Å². The van der Waals surface area contributed by atoms with Crippen molar-refractivity contribution in [2.24, 2.45) is 5.73 Å². The van der Waals surface area contributed by atoms with Gasteiger partial charge >= 0.3 is 0 Å². The third kappa shape index (κ3) is 2.35. The molecule has 2 rings (SSSR count). The standard InChI is InChI=1S/C10H12FNO2S/c11-8-2-1-3-9(6-8)15(13,14)7-10(12)4-5-10/h1-3,6H,4-5,7,12H2. The number of sulfone groups is 1. The van der Waals surface area contributed by atoms with E-state index in [4.69, 9.17) is 5.73 Å². The maximum absolute atomic E-state index is 12.9. The van der Waals surface area contributed by atoms with Crippen molar-refractivity contribution in [2.75, 3.05) is 5.75 Å². The first kappa shape index (κ1) is 10.6. The Bertz CT molecular complexity index is 480. The molecular formula is C10H12FNO2S. The number of benzene rings is 1. The molecule has 0 aromatic heterocycles. The van der Waals surface area contributed by atoms with E-state index in [2.05, 4.69) is 0 Å². The van der Waals surface area contributed by atoms with E-state index >= 15 is 0 Å². The molecule has 1 aliphatic carbocycles. The maximum atomic E-state index is 12.9. The lowest BCUT2D eigenvalue weighted by atomic mass is 10.3. The molecule has 1 aromatic rings. The van der Waals surface area contributed by atoms with Crippen molar-refractivity contribution in [1.82, 2.24) is 0 Å². The highest BCUT2D eigenvalue weighted by Gasteiger charge is 2.42. The van der Waals surface area contributed by atoms with E-state index in [9.17, 15) is 12.8 Å². The Kier molecular flexibility index (Phi) is 2.31. The first-order valence-electron chi connectivity index (χ1n) is 4.69. The quantitative estimate of drug-likeness (QED) is 0.844. The van der Waals surface area contributed by atoms with Gasteiger partial charge in [0.15, 0.2) is 9.84 Å². The molecule has 2 N–H and O–H groups in total. The molecule has 0 atom stereocenters. The van der Waals surface area contributed by atoms with Gasteiger partial charge in [-0.15, -0.1) is 0 Å². The Morgan fingerprint density at radius 1 is 1.40 bits per heavy atom. The molecule has 5 heteroatoms. The van der Waals surface area contributed by atoms with E-state index in [1.54, 1.807) is 0 Å². The van der Waals surface area contributed by atoms with E-state index in [1.807, 2.05) is 0 Å². The Morgan fingerprint density at radius 2 is 2.07 bits per heavy atom. The molecular weight excluding hydrogens is 217 g/mol. The van der Waals surface area contributed by atoms with E-state index in [1.165, 1.54) is 18.2 Å². The van der Waals surface area contributed by atoms with Crippen LogP contribution >= 0.6 is 0 Å². The van der Waals surface area contributed by atoms with Crippen LogP contribution in [0, 0.1) is 5.82 Å². The fourth-order valence-corrected chi connectivity index (χ4v) is 3.22. The molecule has 0 spiro atoms. The highest BCUT2D eigenvalue weighted by Crippen LogP contribution is 2.35. The van der Waals surface area contributed by atoms with Crippen molar-refractivity contribution in [1.29, 1.82) is 0 Å². The fourth-order valence-electron chi connectivity index (χ4n) is 1.43. The Hall–Kier alpha value is -0.940. The molecule has 0 saturated heterocycles. The summed E-state index contributed by atoms with van der Waals surface area (Å²) in [6.45, 7) is 0. The summed E-state index contributed by atoms with van der Waals surface area (Å²) in [5.41, 5.74) is 5.16. The van der Waals surface area contributed by atoms with Crippen LogP contribution in [0.5, 0.6) is 0 Å². The van der Waals surface area contributed by atoms with Crippen LogP contribution in [0.2, 0.25) is 0 Å². The van der Waals surface area contributed by atoms with Gasteiger partial charge < -0.3 is 5.73 Å². The van der Waals surface area contributed by atoms with Crippen LogP contribution in [0.1, 0.15) is 12.8 Å². The number of nitrogens with two attached hydrogens (primary N) is 1. The van der Waals surface area contributed by atoms with Gasteiger partial charge in [-0.25, -0.2) is 12.8 Å². The lowest BCUT2D eigenvalue weighted by molar-refractivity contribution is 0.581. The third-order valence-corrected chi connectivity index (χ3v) is 4.45. The van der Waals surface area contributed by atoms with Crippen molar-refractivity contribution in [2.45, 2.75) is 23.3 Å². The average Bonchev–Trinajstić information content (AvgIpc) is 2.82. The topological polar surface area (TPSA) is 60.2 Å². The normalized spacial score (nSPS) is 18.8. The highest BCUT2D eigenvalue weighted by atomic mass is 32.2. The van der Waals surface area contributed by atoms with Crippen molar-refractivity contribution in [3.63, 3.8) is 0 Å². The lowest BCUT2D eigenvalue weighted by Gasteiger charge is -2.09. The fraction of sp³-hybridized carbons (Fsp3) is 0.400. The Balaban J connectivity index is 2.29. The largest absolute Gasteiger partial charge is 0.324 e. The molecule has 15 heavy (non-hydrogen) atoms. The molecule has 1 fully saturated rings. The minimum atomic E-state index is -3.44. The summed E-state index contributed by atoms with van der Waals surface area (Å²) >= 11 is 0. The Labute approximate surface area is 88.0 Å². The van der Waals surface area contributed by atoms with Gasteiger partial charge in [0, 0.05) is 5.54 Å². The minimum Gasteiger partial charge on any atom is -0.324 e. The minimum absolute atomic E-state index is 0.0132. The zero-order valence-corrected chi connectivity index (χ0v) is 8.93. The molecule has 0 aliphatic heterocycles. The first-order chi connectivity index (χ1) is 6.91. The van der Waals surface area contributed by atoms with Crippen LogP contribution in [-0.2, 0) is 9.84 Å². The summed E-state index contributed by atoms with van der Waals surface area (Å²) in [5.74, 6) is -0.637. The molecule has 1 aromatic carbocycles. The smallest absolute Gasteiger partial charge is 0.180 e. The van der Waals surface area contributed by atoms with Crippen molar-refractivity contribution in [3.05, 3.63) is 30.1 Å². The third-order valence-electron chi connectivity index (χ3n) is 2.52. The molecule has 0 heterocycles. The summed E-state index contributed by atoms with van der Waals surface area (Å²) < 4.78 is 36.4. The first-order valence-corrected chi connectivity index (χ1v) is 6.34. The number of hydrogen-bond acceptors (Lipinski definition) is 3. The summed E-state index contributed by atoms with van der Waals surface area (Å²) in [7, 11) is -3.44. The van der Waals surface area contributed by atoms with Crippen molar-refractivity contribution in [3.8, 4) is 0 Å². The van der Waals surface area contributed by atoms with Crippen LogP contribution in [0.4, 0.5) is 4.39 Å². The maximum Gasteiger partial charge on any atom is 0.180 e. The molecule has 3 nitrogen and oxygen atoms in total. The van der Waals surface area contributed by atoms with Crippen LogP contribution < -0.4 is 5.73 Å². The van der Waals surface area contributed by atoms with Crippen LogP contribution in [0.3, 0.4) is 0 Å². The number of hydrogen-bond donors (Lipinski definition) is 1.